The third kappa shape index (κ3) is 4.53. The highest BCUT2D eigenvalue weighted by Gasteiger charge is 2.35. The molecule has 3 atom stereocenters. The van der Waals surface area contributed by atoms with E-state index in [1.54, 1.807) is 0 Å². The van der Waals surface area contributed by atoms with Crippen molar-refractivity contribution in [3.8, 4) is 0 Å². The molecule has 162 valence electrons. The van der Waals surface area contributed by atoms with Crippen LogP contribution in [0, 0.1) is 5.92 Å². The molecule has 1 amide bonds. The number of nitrogens with one attached hydrogen (secondary N) is 1. The smallest absolute Gasteiger partial charge is 0.272 e. The Labute approximate surface area is 174 Å². The average molecular weight is 404 g/mol. The lowest BCUT2D eigenvalue weighted by molar-refractivity contribution is -0.142. The van der Waals surface area contributed by atoms with Crippen LogP contribution >= 0.6 is 0 Å². The van der Waals surface area contributed by atoms with Crippen LogP contribution in [0.15, 0.2) is 0 Å². The molecule has 0 aliphatic heterocycles. The van der Waals surface area contributed by atoms with Crippen LogP contribution in [0.5, 0.6) is 0 Å². The number of carbonyl (C=O) groups is 1. The van der Waals surface area contributed by atoms with Crippen molar-refractivity contribution in [1.82, 2.24) is 15.1 Å². The highest BCUT2D eigenvalue weighted by atomic mass is 16.6. The van der Waals surface area contributed by atoms with E-state index in [2.05, 4.69) is 10.00 Å². The molecule has 1 unspecified atom stereocenters. The maximum absolute atomic E-state index is 13.3. The number of fused-ring (bicyclic) bond motifs is 1. The highest BCUT2D eigenvalue weighted by Crippen LogP contribution is 2.34. The topological polar surface area (TPSA) is 76.4 Å². The van der Waals surface area contributed by atoms with Gasteiger partial charge in [0.2, 0.25) is 0 Å². The van der Waals surface area contributed by atoms with Gasteiger partial charge < -0.3 is 15.2 Å². The summed E-state index contributed by atoms with van der Waals surface area (Å²) >= 11 is 0. The summed E-state index contributed by atoms with van der Waals surface area (Å²) in [5.74, 6) is -0.0952. The summed E-state index contributed by atoms with van der Waals surface area (Å²) in [6.45, 7) is 2.38. The molecule has 0 saturated heterocycles. The van der Waals surface area contributed by atoms with Crippen LogP contribution in [-0.2, 0) is 17.6 Å². The lowest BCUT2D eigenvalue weighted by atomic mass is 9.83. The lowest BCUT2D eigenvalue weighted by Gasteiger charge is -2.34. The normalized spacial score (nSPS) is 26.7. The first-order valence-corrected chi connectivity index (χ1v) is 11.9. The minimum atomic E-state index is -0.806. The third-order valence-electron chi connectivity index (χ3n) is 7.18. The fraction of sp³-hybridized carbons (Fsp3) is 0.826. The van der Waals surface area contributed by atoms with E-state index in [0.717, 1.165) is 44.9 Å². The number of hydrogen-bond donors (Lipinski definition) is 2. The van der Waals surface area contributed by atoms with E-state index in [-0.39, 0.29) is 17.9 Å². The lowest BCUT2D eigenvalue weighted by Crippen LogP contribution is -2.47. The van der Waals surface area contributed by atoms with Crippen molar-refractivity contribution in [3.05, 3.63) is 17.0 Å². The Balaban J connectivity index is 1.54. The standard InChI is InChI=1S/C23H37N3O3/c1-2-29-23(28)17-12-6-8-14-19(17)24-22(27)21-18-13-7-9-15-20(18)26(25-21)16-10-4-3-5-11-16/h16-17,19,23,28H,2-15H2,1H3,(H,24,27)/t17-,19+,23?/m1/s1. The number of nitrogens with zero attached hydrogens (tertiary/aromatic N) is 2. The predicted octanol–water partition coefficient (Wildman–Crippen LogP) is 3.91. The van der Waals surface area contributed by atoms with Gasteiger partial charge in [-0.1, -0.05) is 32.1 Å². The highest BCUT2D eigenvalue weighted by molar-refractivity contribution is 5.94. The Bertz CT molecular complexity index is 696. The Morgan fingerprint density at radius 1 is 1.10 bits per heavy atom. The van der Waals surface area contributed by atoms with E-state index in [9.17, 15) is 9.90 Å². The predicted molar refractivity (Wildman–Crippen MR) is 112 cm³/mol. The Kier molecular flexibility index (Phi) is 6.91. The Morgan fingerprint density at radius 2 is 1.83 bits per heavy atom. The van der Waals surface area contributed by atoms with E-state index >= 15 is 0 Å². The Hall–Kier alpha value is -1.40. The summed E-state index contributed by atoms with van der Waals surface area (Å²) < 4.78 is 7.68. The van der Waals surface area contributed by atoms with E-state index in [1.165, 1.54) is 49.8 Å². The molecule has 0 radical (unpaired) electrons. The van der Waals surface area contributed by atoms with Gasteiger partial charge in [0.05, 0.1) is 6.04 Å². The molecule has 1 heterocycles. The van der Waals surface area contributed by atoms with Crippen LogP contribution in [0.2, 0.25) is 0 Å². The Morgan fingerprint density at radius 3 is 2.62 bits per heavy atom. The van der Waals surface area contributed by atoms with Crippen molar-refractivity contribution in [1.29, 1.82) is 0 Å². The maximum atomic E-state index is 13.3. The van der Waals surface area contributed by atoms with E-state index in [1.807, 2.05) is 6.92 Å². The number of amides is 1. The first kappa shape index (κ1) is 20.9. The monoisotopic (exact) mass is 403 g/mol. The van der Waals surface area contributed by atoms with Gasteiger partial charge in [0.25, 0.3) is 5.91 Å². The first-order chi connectivity index (χ1) is 14.2. The number of ether oxygens (including phenoxy) is 1. The second-order valence-corrected chi connectivity index (χ2v) is 9.09. The molecule has 6 nitrogen and oxygen atoms in total. The molecule has 4 rings (SSSR count). The molecule has 0 spiro atoms. The maximum Gasteiger partial charge on any atom is 0.272 e. The van der Waals surface area contributed by atoms with Gasteiger partial charge >= 0.3 is 0 Å². The van der Waals surface area contributed by atoms with Gasteiger partial charge in [0.15, 0.2) is 12.0 Å². The van der Waals surface area contributed by atoms with E-state index in [0.29, 0.717) is 18.3 Å². The second-order valence-electron chi connectivity index (χ2n) is 9.09. The number of carbonyl (C=O) groups excluding carboxylic acids is 1. The summed E-state index contributed by atoms with van der Waals surface area (Å²) in [5, 5.41) is 18.5. The van der Waals surface area contributed by atoms with E-state index < -0.39 is 6.29 Å². The van der Waals surface area contributed by atoms with Crippen LogP contribution in [0.1, 0.15) is 105 Å². The fourth-order valence-electron chi connectivity index (χ4n) is 5.65. The summed E-state index contributed by atoms with van der Waals surface area (Å²) in [5.41, 5.74) is 3.13. The minimum absolute atomic E-state index is 0.0380. The average Bonchev–Trinajstić information content (AvgIpc) is 3.15. The zero-order valence-electron chi connectivity index (χ0n) is 17.9. The first-order valence-electron chi connectivity index (χ1n) is 11.9. The molecule has 3 aliphatic carbocycles. The molecule has 29 heavy (non-hydrogen) atoms. The van der Waals surface area contributed by atoms with Crippen LogP contribution in [-0.4, -0.2) is 39.7 Å². The molecule has 2 N–H and O–H groups in total. The van der Waals surface area contributed by atoms with Crippen LogP contribution < -0.4 is 5.32 Å². The zero-order valence-corrected chi connectivity index (χ0v) is 17.9. The summed E-state index contributed by atoms with van der Waals surface area (Å²) in [7, 11) is 0. The quantitative estimate of drug-likeness (QED) is 0.706. The minimum Gasteiger partial charge on any atom is -0.368 e. The number of rotatable bonds is 6. The number of hydrogen-bond acceptors (Lipinski definition) is 4. The van der Waals surface area contributed by atoms with Crippen LogP contribution in [0.4, 0.5) is 0 Å². The van der Waals surface area contributed by atoms with Gasteiger partial charge in [-0.3, -0.25) is 9.48 Å². The second kappa shape index (κ2) is 9.61. The number of aliphatic hydroxyl groups excluding tert-OH is 1. The molecule has 3 aliphatic rings. The zero-order chi connectivity index (χ0) is 20.2. The largest absolute Gasteiger partial charge is 0.368 e. The van der Waals surface area contributed by atoms with E-state index in [4.69, 9.17) is 9.84 Å². The van der Waals surface area contributed by atoms with Crippen molar-refractivity contribution in [3.63, 3.8) is 0 Å². The molecule has 0 aromatic carbocycles. The van der Waals surface area contributed by atoms with Crippen molar-refractivity contribution in [2.75, 3.05) is 6.61 Å². The van der Waals surface area contributed by atoms with Crippen LogP contribution in [0.3, 0.4) is 0 Å². The fourth-order valence-corrected chi connectivity index (χ4v) is 5.65. The van der Waals surface area contributed by atoms with Crippen molar-refractivity contribution in [2.45, 2.75) is 109 Å². The van der Waals surface area contributed by atoms with Gasteiger partial charge in [-0.15, -0.1) is 0 Å². The van der Waals surface area contributed by atoms with Gasteiger partial charge in [-0.2, -0.15) is 5.10 Å². The van der Waals surface area contributed by atoms with Crippen molar-refractivity contribution in [2.24, 2.45) is 5.92 Å². The van der Waals surface area contributed by atoms with Crippen LogP contribution in [0.25, 0.3) is 0 Å². The molecular formula is C23H37N3O3. The molecule has 6 heteroatoms. The summed E-state index contributed by atoms with van der Waals surface area (Å²) in [6.07, 6.45) is 13.7. The third-order valence-corrected chi connectivity index (χ3v) is 7.18. The SMILES string of the molecule is CCOC(O)[C@@H]1CCCC[C@@H]1NC(=O)c1nn(C2CCCCC2)c2c1CCCC2. The van der Waals surface area contributed by atoms with Gasteiger partial charge in [-0.05, 0) is 58.3 Å². The van der Waals surface area contributed by atoms with Gasteiger partial charge in [0.1, 0.15) is 0 Å². The summed E-state index contributed by atoms with van der Waals surface area (Å²) in [4.78, 5) is 13.3. The summed E-state index contributed by atoms with van der Waals surface area (Å²) in [6, 6.07) is 0.413. The molecule has 2 saturated carbocycles. The molecule has 1 aromatic rings. The molecule has 1 aromatic heterocycles. The van der Waals surface area contributed by atoms with Crippen molar-refractivity contribution < 1.29 is 14.6 Å². The number of aromatic nitrogens is 2. The number of aliphatic hydroxyl groups is 1. The van der Waals surface area contributed by atoms with Gasteiger partial charge in [0, 0.05) is 29.8 Å². The van der Waals surface area contributed by atoms with Crippen molar-refractivity contribution >= 4 is 5.91 Å². The van der Waals surface area contributed by atoms with Gasteiger partial charge in [-0.25, -0.2) is 0 Å². The molecule has 2 fully saturated rings. The molecule has 0 bridgehead atoms. The molecular weight excluding hydrogens is 366 g/mol.